The summed E-state index contributed by atoms with van der Waals surface area (Å²) in [5.41, 5.74) is 2.10. The predicted octanol–water partition coefficient (Wildman–Crippen LogP) is 2.12. The van der Waals surface area contributed by atoms with E-state index in [-0.39, 0.29) is 30.0 Å². The molecule has 33 heavy (non-hydrogen) atoms. The zero-order valence-corrected chi connectivity index (χ0v) is 19.2. The fraction of sp³-hybridized carbons (Fsp3) is 0.520. The third-order valence-corrected chi connectivity index (χ3v) is 6.67. The number of aliphatic hydroxyl groups excluding tert-OH is 1. The fourth-order valence-corrected chi connectivity index (χ4v) is 5.17. The van der Waals surface area contributed by atoms with Crippen molar-refractivity contribution >= 4 is 11.7 Å². The van der Waals surface area contributed by atoms with E-state index in [0.29, 0.717) is 39.3 Å². The number of hydrogen-bond acceptors (Lipinski definition) is 7. The van der Waals surface area contributed by atoms with Crippen molar-refractivity contribution in [3.8, 4) is 11.5 Å². The minimum absolute atomic E-state index is 0.0129. The van der Waals surface area contributed by atoms with E-state index in [1.54, 1.807) is 6.20 Å². The molecule has 3 atom stereocenters. The Morgan fingerprint density at radius 1 is 1.21 bits per heavy atom. The summed E-state index contributed by atoms with van der Waals surface area (Å²) in [7, 11) is 0. The number of aliphatic hydroxyl groups is 1. The molecule has 8 heteroatoms. The summed E-state index contributed by atoms with van der Waals surface area (Å²) in [5, 5.41) is 13.5. The number of fused-ring (bicyclic) bond motifs is 4. The Morgan fingerprint density at radius 2 is 2.03 bits per heavy atom. The Bertz CT molecular complexity index is 1010. The van der Waals surface area contributed by atoms with E-state index in [1.165, 1.54) is 0 Å². The van der Waals surface area contributed by atoms with Gasteiger partial charge in [0, 0.05) is 37.4 Å². The zero-order chi connectivity index (χ0) is 22.9. The summed E-state index contributed by atoms with van der Waals surface area (Å²) in [6, 6.07) is 9.92. The predicted molar refractivity (Wildman–Crippen MR) is 124 cm³/mol. The van der Waals surface area contributed by atoms with E-state index in [0.717, 1.165) is 35.0 Å². The first-order chi connectivity index (χ1) is 16.0. The third kappa shape index (κ3) is 4.63. The quantitative estimate of drug-likeness (QED) is 0.719. The van der Waals surface area contributed by atoms with Crippen molar-refractivity contribution in [1.29, 1.82) is 0 Å². The second-order valence-electron chi connectivity index (χ2n) is 9.54. The third-order valence-electron chi connectivity index (χ3n) is 6.67. The molecule has 0 spiro atoms. The van der Waals surface area contributed by atoms with E-state index in [2.05, 4.69) is 40.0 Å². The molecular weight excluding hydrogens is 420 g/mol. The molecule has 5 rings (SSSR count). The maximum absolute atomic E-state index is 13.2. The highest BCUT2D eigenvalue weighted by atomic mass is 16.6. The Balaban J connectivity index is 1.30. The van der Waals surface area contributed by atoms with E-state index in [4.69, 9.17) is 9.47 Å². The highest BCUT2D eigenvalue weighted by molar-refractivity contribution is 5.78. The van der Waals surface area contributed by atoms with Gasteiger partial charge in [-0.15, -0.1) is 0 Å². The summed E-state index contributed by atoms with van der Waals surface area (Å²) in [4.78, 5) is 22.1. The second kappa shape index (κ2) is 9.19. The van der Waals surface area contributed by atoms with Gasteiger partial charge in [-0.05, 0) is 36.1 Å². The molecule has 176 valence electrons. The minimum atomic E-state index is -0.362. The summed E-state index contributed by atoms with van der Waals surface area (Å²) in [5.74, 6) is 2.61. The monoisotopic (exact) mass is 452 g/mol. The molecular formula is C25H32N4O4. The second-order valence-corrected chi connectivity index (χ2v) is 9.54. The van der Waals surface area contributed by atoms with Gasteiger partial charge in [-0.3, -0.25) is 9.69 Å². The molecule has 0 saturated carbocycles. The van der Waals surface area contributed by atoms with E-state index >= 15 is 0 Å². The summed E-state index contributed by atoms with van der Waals surface area (Å²) < 4.78 is 11.4. The van der Waals surface area contributed by atoms with Crippen molar-refractivity contribution in [3.63, 3.8) is 0 Å². The molecule has 3 aliphatic heterocycles. The molecule has 1 unspecified atom stereocenters. The van der Waals surface area contributed by atoms with Gasteiger partial charge in [-0.25, -0.2) is 4.98 Å². The lowest BCUT2D eigenvalue weighted by Crippen LogP contribution is -2.43. The first-order valence-corrected chi connectivity index (χ1v) is 11.8. The molecule has 0 radical (unpaired) electrons. The highest BCUT2D eigenvalue weighted by Gasteiger charge is 2.37. The Morgan fingerprint density at radius 3 is 2.85 bits per heavy atom. The topological polar surface area (TPSA) is 87.2 Å². The minimum Gasteiger partial charge on any atom is -0.486 e. The summed E-state index contributed by atoms with van der Waals surface area (Å²) in [6.45, 7) is 7.57. The van der Waals surface area contributed by atoms with Crippen LogP contribution in [-0.2, 0) is 11.3 Å². The van der Waals surface area contributed by atoms with Gasteiger partial charge < -0.3 is 24.8 Å². The Hall–Kier alpha value is -2.84. The van der Waals surface area contributed by atoms with E-state index in [9.17, 15) is 9.90 Å². The number of pyridine rings is 1. The lowest BCUT2D eigenvalue weighted by atomic mass is 9.95. The van der Waals surface area contributed by atoms with Crippen LogP contribution in [0.3, 0.4) is 0 Å². The van der Waals surface area contributed by atoms with Crippen LogP contribution in [0, 0.1) is 5.92 Å². The molecule has 1 aromatic heterocycles. The molecule has 8 nitrogen and oxygen atoms in total. The number of nitrogens with zero attached hydrogens (tertiary/aromatic N) is 3. The zero-order valence-electron chi connectivity index (χ0n) is 19.2. The van der Waals surface area contributed by atoms with Crippen molar-refractivity contribution in [3.05, 3.63) is 47.7 Å². The smallest absolute Gasteiger partial charge is 0.234 e. The standard InChI is InChI=1S/C25H32N4O4/c1-16(2)24(17-5-6-21-22(10-17)33-9-8-32-21)27-23(31)15-28-12-18-4-3-7-26-25(18)29-14-20(30)11-19(29)13-28/h3-7,10,16,19-20,24,30H,8-9,11-15H2,1-2H3,(H,27,31)/t19-,20+,24?/m0/s1. The number of hydrogen-bond donors (Lipinski definition) is 2. The maximum atomic E-state index is 13.2. The molecule has 1 amide bonds. The average molecular weight is 453 g/mol. The lowest BCUT2D eigenvalue weighted by molar-refractivity contribution is -0.123. The van der Waals surface area contributed by atoms with Crippen LogP contribution in [0.25, 0.3) is 0 Å². The van der Waals surface area contributed by atoms with E-state index in [1.807, 2.05) is 24.3 Å². The van der Waals surface area contributed by atoms with Gasteiger partial charge in [0.15, 0.2) is 11.5 Å². The van der Waals surface area contributed by atoms with Gasteiger partial charge in [-0.1, -0.05) is 26.0 Å². The summed E-state index contributed by atoms with van der Waals surface area (Å²) >= 11 is 0. The summed E-state index contributed by atoms with van der Waals surface area (Å²) in [6.07, 6.45) is 2.13. The molecule has 0 bridgehead atoms. The van der Waals surface area contributed by atoms with Gasteiger partial charge in [-0.2, -0.15) is 0 Å². The van der Waals surface area contributed by atoms with Gasteiger partial charge in [0.2, 0.25) is 5.91 Å². The molecule has 3 aliphatic rings. The molecule has 1 aromatic carbocycles. The number of carbonyl (C=O) groups is 1. The molecule has 1 saturated heterocycles. The first-order valence-electron chi connectivity index (χ1n) is 11.8. The van der Waals surface area contributed by atoms with Crippen LogP contribution in [-0.4, -0.2) is 65.9 Å². The fourth-order valence-electron chi connectivity index (χ4n) is 5.17. The van der Waals surface area contributed by atoms with Crippen LogP contribution in [0.4, 0.5) is 5.82 Å². The maximum Gasteiger partial charge on any atom is 0.234 e. The Labute approximate surface area is 194 Å². The number of benzene rings is 1. The van der Waals surface area contributed by atoms with Crippen molar-refractivity contribution in [2.45, 2.75) is 45.0 Å². The van der Waals surface area contributed by atoms with Crippen LogP contribution >= 0.6 is 0 Å². The number of rotatable bonds is 5. The van der Waals surface area contributed by atoms with Crippen molar-refractivity contribution in [2.24, 2.45) is 5.92 Å². The molecule has 4 heterocycles. The van der Waals surface area contributed by atoms with Gasteiger partial charge >= 0.3 is 0 Å². The van der Waals surface area contributed by atoms with Crippen LogP contribution in [0.1, 0.15) is 37.4 Å². The van der Waals surface area contributed by atoms with Gasteiger partial charge in [0.1, 0.15) is 19.0 Å². The molecule has 1 fully saturated rings. The van der Waals surface area contributed by atoms with Crippen LogP contribution < -0.4 is 19.7 Å². The van der Waals surface area contributed by atoms with Crippen LogP contribution in [0.2, 0.25) is 0 Å². The molecule has 2 aromatic rings. The number of aromatic nitrogens is 1. The number of ether oxygens (including phenoxy) is 2. The van der Waals surface area contributed by atoms with Crippen molar-refractivity contribution in [1.82, 2.24) is 15.2 Å². The lowest BCUT2D eigenvalue weighted by Gasteiger charge is -2.28. The molecule has 0 aliphatic carbocycles. The van der Waals surface area contributed by atoms with Crippen LogP contribution in [0.15, 0.2) is 36.5 Å². The number of carbonyl (C=O) groups excluding carboxylic acids is 1. The number of nitrogens with one attached hydrogen (secondary N) is 1. The Kier molecular flexibility index (Phi) is 6.12. The van der Waals surface area contributed by atoms with Crippen LogP contribution in [0.5, 0.6) is 11.5 Å². The first kappa shape index (κ1) is 22.0. The number of amides is 1. The van der Waals surface area contributed by atoms with Crippen molar-refractivity contribution in [2.75, 3.05) is 37.7 Å². The van der Waals surface area contributed by atoms with Gasteiger partial charge in [0.05, 0.1) is 18.7 Å². The normalized spacial score (nSPS) is 23.0. The average Bonchev–Trinajstić information content (AvgIpc) is 3.10. The van der Waals surface area contributed by atoms with Gasteiger partial charge in [0.25, 0.3) is 0 Å². The van der Waals surface area contributed by atoms with E-state index < -0.39 is 0 Å². The SMILES string of the molecule is CC(C)C(NC(=O)CN1Cc2cccnc2N2C[C@H](O)C[C@H]2C1)c1ccc2c(c1)OCCO2. The molecule has 2 N–H and O–H groups in total. The van der Waals surface area contributed by atoms with Crippen molar-refractivity contribution < 1.29 is 19.4 Å². The number of anilines is 1. The largest absolute Gasteiger partial charge is 0.486 e. The highest BCUT2D eigenvalue weighted by Crippen LogP contribution is 2.35.